The molecule has 1 aliphatic rings. The number of halogens is 2. The average molecular weight is 572 g/mol. The lowest BCUT2D eigenvalue weighted by molar-refractivity contribution is -0.132. The third kappa shape index (κ3) is 4.28. The minimum Gasteiger partial charge on any atom is -0.508 e. The highest BCUT2D eigenvalue weighted by molar-refractivity contribution is 6.34. The third-order valence-corrected chi connectivity index (χ3v) is 7.97. The molecule has 200 valence electrons. The number of benzene rings is 4. The normalized spacial score (nSPS) is 13.5. The number of aromatic nitrogens is 2. The Hall–Kier alpha value is -4.33. The number of nitrogens with zero attached hydrogens (tertiary/aromatic N) is 3. The fourth-order valence-electron chi connectivity index (χ4n) is 5.41. The Morgan fingerprint density at radius 1 is 0.900 bits per heavy atom. The molecule has 0 radical (unpaired) electrons. The maximum absolute atomic E-state index is 13.7. The van der Waals surface area contributed by atoms with Gasteiger partial charge in [-0.05, 0) is 58.8 Å². The maximum Gasteiger partial charge on any atom is 0.321 e. The number of amides is 1. The summed E-state index contributed by atoms with van der Waals surface area (Å²) in [7, 11) is 0. The average Bonchev–Trinajstić information content (AvgIpc) is 2.92. The van der Waals surface area contributed by atoms with Gasteiger partial charge in [0.05, 0.1) is 26.8 Å². The Morgan fingerprint density at radius 3 is 2.38 bits per heavy atom. The molecule has 0 unspecified atom stereocenters. The van der Waals surface area contributed by atoms with Gasteiger partial charge in [-0.15, -0.1) is 0 Å². The van der Waals surface area contributed by atoms with Crippen LogP contribution >= 0.6 is 23.2 Å². The Balaban J connectivity index is 1.62. The van der Waals surface area contributed by atoms with Crippen LogP contribution in [0.1, 0.15) is 0 Å². The Labute approximate surface area is 238 Å². The first kappa shape index (κ1) is 25.9. The van der Waals surface area contributed by atoms with E-state index in [1.807, 2.05) is 24.3 Å². The van der Waals surface area contributed by atoms with E-state index >= 15 is 0 Å². The van der Waals surface area contributed by atoms with Crippen molar-refractivity contribution in [3.05, 3.63) is 116 Å². The highest BCUT2D eigenvalue weighted by Gasteiger charge is 2.31. The molecule has 0 bridgehead atoms. The summed E-state index contributed by atoms with van der Waals surface area (Å²) in [5.74, 6) is -0.121. The molecule has 40 heavy (non-hydrogen) atoms. The van der Waals surface area contributed by atoms with Gasteiger partial charge in [-0.1, -0.05) is 66.2 Å². The van der Waals surface area contributed by atoms with Crippen molar-refractivity contribution in [3.8, 4) is 22.6 Å². The van der Waals surface area contributed by atoms with E-state index in [9.17, 15) is 19.5 Å². The molecule has 0 saturated carbocycles. The number of phenols is 1. The van der Waals surface area contributed by atoms with E-state index in [4.69, 9.17) is 23.2 Å². The zero-order chi connectivity index (χ0) is 28.1. The summed E-state index contributed by atoms with van der Waals surface area (Å²) in [5, 5.41) is 12.8. The molecule has 1 fully saturated rings. The Bertz CT molecular complexity index is 1970. The summed E-state index contributed by atoms with van der Waals surface area (Å²) in [5.41, 5.74) is 1.04. The molecule has 4 aromatic carbocycles. The number of rotatable bonds is 5. The first-order chi connectivity index (χ1) is 19.3. The van der Waals surface area contributed by atoms with Crippen LogP contribution in [0.2, 0.25) is 10.0 Å². The van der Waals surface area contributed by atoms with E-state index < -0.39 is 11.1 Å². The number of likely N-dealkylation sites (tertiary alicyclic amines) is 1. The molecule has 0 aliphatic carbocycles. The van der Waals surface area contributed by atoms with Crippen LogP contribution in [0.5, 0.6) is 5.75 Å². The minimum atomic E-state index is -0.756. The van der Waals surface area contributed by atoms with Gasteiger partial charge in [-0.3, -0.25) is 19.0 Å². The zero-order valence-corrected chi connectivity index (χ0v) is 22.7. The molecule has 1 aliphatic heterocycles. The molecule has 1 saturated heterocycles. The molecule has 1 N–H and O–H groups in total. The van der Waals surface area contributed by atoms with Crippen LogP contribution in [0.4, 0.5) is 0 Å². The Kier molecular flexibility index (Phi) is 6.49. The van der Waals surface area contributed by atoms with Crippen LogP contribution in [0, 0.1) is 5.92 Å². The van der Waals surface area contributed by atoms with Gasteiger partial charge >= 0.3 is 11.1 Å². The fourth-order valence-corrected chi connectivity index (χ4v) is 5.89. The van der Waals surface area contributed by atoms with Crippen molar-refractivity contribution in [3.63, 3.8) is 0 Å². The van der Waals surface area contributed by atoms with Gasteiger partial charge in [0.2, 0.25) is 5.91 Å². The topological polar surface area (TPSA) is 84.5 Å². The van der Waals surface area contributed by atoms with Gasteiger partial charge in [0.25, 0.3) is 0 Å². The summed E-state index contributed by atoms with van der Waals surface area (Å²) in [4.78, 5) is 40.8. The SMILES string of the molecule is C=CC(=O)N1CC(Cn2c(=O)c(=O)n(-c3ccccc3Cl)c3cc(-c4cc(O)cc5ccccc45)c(Cl)cc32)C1. The van der Waals surface area contributed by atoms with Crippen LogP contribution in [-0.4, -0.2) is 38.1 Å². The predicted octanol–water partition coefficient (Wildman–Crippen LogP) is 5.63. The zero-order valence-electron chi connectivity index (χ0n) is 21.2. The van der Waals surface area contributed by atoms with Gasteiger partial charge in [0, 0.05) is 31.1 Å². The second-order valence-electron chi connectivity index (χ2n) is 9.86. The van der Waals surface area contributed by atoms with E-state index in [-0.39, 0.29) is 24.1 Å². The maximum atomic E-state index is 13.7. The molecule has 6 rings (SSSR count). The molecule has 9 heteroatoms. The van der Waals surface area contributed by atoms with Crippen molar-refractivity contribution in [2.45, 2.75) is 6.54 Å². The fraction of sp³-hybridized carbons (Fsp3) is 0.129. The number of carbonyl (C=O) groups excluding carboxylic acids is 1. The summed E-state index contributed by atoms with van der Waals surface area (Å²) in [6.45, 7) is 4.66. The lowest BCUT2D eigenvalue weighted by atomic mass is 9.96. The van der Waals surface area contributed by atoms with Crippen LogP contribution in [0.3, 0.4) is 0 Å². The number of para-hydroxylation sites is 1. The van der Waals surface area contributed by atoms with Gasteiger partial charge in [-0.25, -0.2) is 0 Å². The lowest BCUT2D eigenvalue weighted by Gasteiger charge is -2.39. The summed E-state index contributed by atoms with van der Waals surface area (Å²) in [6, 6.07) is 21.1. The first-order valence-electron chi connectivity index (χ1n) is 12.6. The van der Waals surface area contributed by atoms with Crippen LogP contribution in [-0.2, 0) is 11.3 Å². The monoisotopic (exact) mass is 571 g/mol. The highest BCUT2D eigenvalue weighted by atomic mass is 35.5. The van der Waals surface area contributed by atoms with Crippen molar-refractivity contribution >= 4 is 50.9 Å². The van der Waals surface area contributed by atoms with Crippen LogP contribution < -0.4 is 11.1 Å². The van der Waals surface area contributed by atoms with Gasteiger partial charge in [0.1, 0.15) is 5.75 Å². The molecule has 0 atom stereocenters. The van der Waals surface area contributed by atoms with E-state index in [0.29, 0.717) is 51.0 Å². The largest absolute Gasteiger partial charge is 0.508 e. The lowest BCUT2D eigenvalue weighted by Crippen LogP contribution is -2.52. The molecule has 1 amide bonds. The van der Waals surface area contributed by atoms with Gasteiger partial charge < -0.3 is 14.6 Å². The number of carbonyl (C=O) groups is 1. The number of hydrogen-bond acceptors (Lipinski definition) is 4. The van der Waals surface area contributed by atoms with E-state index in [1.54, 1.807) is 53.4 Å². The van der Waals surface area contributed by atoms with Crippen molar-refractivity contribution in [1.29, 1.82) is 0 Å². The van der Waals surface area contributed by atoms with Crippen LogP contribution in [0.15, 0.2) is 95.0 Å². The highest BCUT2D eigenvalue weighted by Crippen LogP contribution is 2.39. The quantitative estimate of drug-likeness (QED) is 0.219. The summed E-state index contributed by atoms with van der Waals surface area (Å²) < 4.78 is 2.75. The van der Waals surface area contributed by atoms with E-state index in [1.165, 1.54) is 15.2 Å². The smallest absolute Gasteiger partial charge is 0.321 e. The van der Waals surface area contributed by atoms with Crippen LogP contribution in [0.25, 0.3) is 38.6 Å². The molecular weight excluding hydrogens is 549 g/mol. The van der Waals surface area contributed by atoms with Gasteiger partial charge in [-0.2, -0.15) is 0 Å². The molecule has 0 spiro atoms. The minimum absolute atomic E-state index is 0.0196. The predicted molar refractivity (Wildman–Crippen MR) is 159 cm³/mol. The van der Waals surface area contributed by atoms with E-state index in [2.05, 4.69) is 6.58 Å². The number of aromatic hydroxyl groups is 1. The van der Waals surface area contributed by atoms with Crippen molar-refractivity contribution in [1.82, 2.24) is 14.0 Å². The molecule has 1 aromatic heterocycles. The number of fused-ring (bicyclic) bond motifs is 2. The van der Waals surface area contributed by atoms with Crippen molar-refractivity contribution in [2.24, 2.45) is 5.92 Å². The third-order valence-electron chi connectivity index (χ3n) is 7.34. The Morgan fingerprint density at radius 2 is 1.62 bits per heavy atom. The van der Waals surface area contributed by atoms with Gasteiger partial charge in [0.15, 0.2) is 0 Å². The van der Waals surface area contributed by atoms with Crippen molar-refractivity contribution in [2.75, 3.05) is 13.1 Å². The summed E-state index contributed by atoms with van der Waals surface area (Å²) >= 11 is 13.4. The number of hydrogen-bond donors (Lipinski definition) is 1. The van der Waals surface area contributed by atoms with Crippen molar-refractivity contribution < 1.29 is 9.90 Å². The first-order valence-corrected chi connectivity index (χ1v) is 13.4. The second kappa shape index (κ2) is 10.0. The van der Waals surface area contributed by atoms with E-state index in [0.717, 1.165) is 10.8 Å². The number of phenolic OH excluding ortho intramolecular Hbond substituents is 1. The molecule has 7 nitrogen and oxygen atoms in total. The standard InChI is InChI=1S/C31H23Cl2N3O4/c1-2-29(38)34-15-18(16-34)17-35-27-14-25(33)23(22-12-20(37)11-19-7-3-4-8-21(19)22)13-28(27)36(31(40)30(35)39)26-10-6-5-9-24(26)32/h2-14,18,37H,1,15-17H2. The molecule has 5 aromatic rings. The second-order valence-corrected chi connectivity index (χ2v) is 10.7. The summed E-state index contributed by atoms with van der Waals surface area (Å²) in [6.07, 6.45) is 1.26. The molecular formula is C31H23Cl2N3O4. The molecule has 2 heterocycles.